The van der Waals surface area contributed by atoms with Crippen molar-refractivity contribution in [1.29, 1.82) is 0 Å². The van der Waals surface area contributed by atoms with Gasteiger partial charge in [-0.25, -0.2) is 0 Å². The zero-order valence-electron chi connectivity index (χ0n) is 13.3. The second-order valence-corrected chi connectivity index (χ2v) is 5.78. The van der Waals surface area contributed by atoms with E-state index in [-0.39, 0.29) is 17.4 Å². The smallest absolute Gasteiger partial charge is 0.251 e. The quantitative estimate of drug-likeness (QED) is 0.742. The Morgan fingerprint density at radius 3 is 2.88 bits per heavy atom. The summed E-state index contributed by atoms with van der Waals surface area (Å²) in [5.74, 6) is 0.371. The Kier molecular flexibility index (Phi) is 4.50. The molecule has 0 aliphatic carbocycles. The molecule has 2 aromatic rings. The maximum absolute atomic E-state index is 12.1. The molecule has 0 radical (unpaired) electrons. The number of carbonyl (C=O) groups excluding carboxylic acids is 2. The van der Waals surface area contributed by atoms with Crippen molar-refractivity contribution in [2.75, 3.05) is 13.7 Å². The van der Waals surface area contributed by atoms with Crippen LogP contribution in [0.5, 0.6) is 5.75 Å². The van der Waals surface area contributed by atoms with Crippen molar-refractivity contribution in [3.05, 3.63) is 40.2 Å². The van der Waals surface area contributed by atoms with E-state index in [1.807, 2.05) is 18.2 Å². The van der Waals surface area contributed by atoms with E-state index < -0.39 is 6.04 Å². The number of amides is 2. The number of aromatic nitrogens is 1. The number of pyridine rings is 1. The second-order valence-electron chi connectivity index (χ2n) is 5.78. The number of rotatable bonds is 5. The molecule has 24 heavy (non-hydrogen) atoms. The van der Waals surface area contributed by atoms with E-state index in [2.05, 4.69) is 15.6 Å². The minimum absolute atomic E-state index is 0.100. The van der Waals surface area contributed by atoms with Crippen LogP contribution >= 0.6 is 0 Å². The van der Waals surface area contributed by atoms with Crippen molar-refractivity contribution in [3.63, 3.8) is 0 Å². The van der Waals surface area contributed by atoms with Crippen LogP contribution in [0.2, 0.25) is 0 Å². The Hall–Kier alpha value is -2.83. The van der Waals surface area contributed by atoms with Gasteiger partial charge < -0.3 is 20.4 Å². The number of aromatic amines is 1. The number of H-pyrrole nitrogens is 1. The normalized spacial score (nSPS) is 16.9. The molecule has 1 aromatic heterocycles. The summed E-state index contributed by atoms with van der Waals surface area (Å²) in [5, 5.41) is 6.28. The molecule has 0 spiro atoms. The molecule has 1 aliphatic heterocycles. The fraction of sp³-hybridized carbons (Fsp3) is 0.353. The number of hydrogen-bond acceptors (Lipinski definition) is 4. The van der Waals surface area contributed by atoms with E-state index in [4.69, 9.17) is 4.74 Å². The van der Waals surface area contributed by atoms with Crippen molar-refractivity contribution < 1.29 is 14.3 Å². The van der Waals surface area contributed by atoms with Crippen LogP contribution < -0.4 is 20.9 Å². The molecule has 1 aromatic carbocycles. The van der Waals surface area contributed by atoms with Crippen molar-refractivity contribution in [2.24, 2.45) is 0 Å². The lowest BCUT2D eigenvalue weighted by atomic mass is 10.1. The highest BCUT2D eigenvalue weighted by Gasteiger charge is 2.26. The summed E-state index contributed by atoms with van der Waals surface area (Å²) in [6.07, 6.45) is 1.32. The van der Waals surface area contributed by atoms with Crippen molar-refractivity contribution in [1.82, 2.24) is 15.6 Å². The van der Waals surface area contributed by atoms with Crippen LogP contribution in [0.25, 0.3) is 10.9 Å². The number of benzene rings is 1. The lowest BCUT2D eigenvalue weighted by Crippen LogP contribution is -2.42. The van der Waals surface area contributed by atoms with Crippen molar-refractivity contribution >= 4 is 22.7 Å². The van der Waals surface area contributed by atoms with E-state index in [0.29, 0.717) is 42.6 Å². The van der Waals surface area contributed by atoms with E-state index >= 15 is 0 Å². The van der Waals surface area contributed by atoms with Gasteiger partial charge in [0.15, 0.2) is 0 Å². The molecule has 1 atom stereocenters. The molecular formula is C17H19N3O4. The fourth-order valence-corrected chi connectivity index (χ4v) is 2.79. The van der Waals surface area contributed by atoms with Gasteiger partial charge >= 0.3 is 0 Å². The molecule has 0 saturated carbocycles. The predicted octanol–water partition coefficient (Wildman–Crippen LogP) is 0.474. The standard InChI is InChI=1S/C17H19N3O4/c1-24-12-3-2-10-8-11(16(22)20-14(10)9-12)6-7-18-17(23)13-4-5-15(21)19-13/h2-3,8-9,13H,4-7H2,1H3,(H,18,23)(H,19,21)(H,20,22). The first-order chi connectivity index (χ1) is 11.6. The average molecular weight is 329 g/mol. The van der Waals surface area contributed by atoms with Crippen LogP contribution in [0.1, 0.15) is 18.4 Å². The molecule has 2 heterocycles. The molecule has 126 valence electrons. The van der Waals surface area contributed by atoms with Crippen LogP contribution in [0, 0.1) is 0 Å². The molecular weight excluding hydrogens is 310 g/mol. The number of fused-ring (bicyclic) bond motifs is 1. The summed E-state index contributed by atoms with van der Waals surface area (Å²) < 4.78 is 5.14. The summed E-state index contributed by atoms with van der Waals surface area (Å²) in [6, 6.07) is 6.83. The van der Waals surface area contributed by atoms with Gasteiger partial charge in [0.05, 0.1) is 12.6 Å². The van der Waals surface area contributed by atoms with E-state index in [1.54, 1.807) is 13.2 Å². The number of hydrogen-bond donors (Lipinski definition) is 3. The van der Waals surface area contributed by atoms with E-state index in [9.17, 15) is 14.4 Å². The Morgan fingerprint density at radius 2 is 2.17 bits per heavy atom. The molecule has 1 unspecified atom stereocenters. The fourth-order valence-electron chi connectivity index (χ4n) is 2.79. The number of nitrogens with one attached hydrogen (secondary N) is 3. The Balaban J connectivity index is 1.65. The summed E-state index contributed by atoms with van der Waals surface area (Å²) in [6.45, 7) is 0.343. The minimum Gasteiger partial charge on any atom is -0.497 e. The Morgan fingerprint density at radius 1 is 1.33 bits per heavy atom. The van der Waals surface area contributed by atoms with Gasteiger partial charge in [0.2, 0.25) is 11.8 Å². The molecule has 3 N–H and O–H groups in total. The maximum atomic E-state index is 12.1. The number of carbonyl (C=O) groups is 2. The minimum atomic E-state index is -0.458. The molecule has 2 amide bonds. The molecule has 1 fully saturated rings. The van der Waals surface area contributed by atoms with Crippen molar-refractivity contribution in [3.8, 4) is 5.75 Å². The van der Waals surface area contributed by atoms with Gasteiger partial charge in [-0.3, -0.25) is 14.4 Å². The SMILES string of the molecule is COc1ccc2cc(CCNC(=O)C3CCC(=O)N3)c(=O)[nH]c2c1. The van der Waals surface area contributed by atoms with Gasteiger partial charge in [-0.15, -0.1) is 0 Å². The van der Waals surface area contributed by atoms with Gasteiger partial charge in [0, 0.05) is 24.6 Å². The van der Waals surface area contributed by atoms with Crippen molar-refractivity contribution in [2.45, 2.75) is 25.3 Å². The van der Waals surface area contributed by atoms with Gasteiger partial charge in [0.1, 0.15) is 11.8 Å². The number of methoxy groups -OCH3 is 1. The predicted molar refractivity (Wildman–Crippen MR) is 89.0 cm³/mol. The van der Waals surface area contributed by atoms with E-state index in [0.717, 1.165) is 5.39 Å². The summed E-state index contributed by atoms with van der Waals surface area (Å²) in [5.41, 5.74) is 1.13. The molecule has 7 heteroatoms. The Labute approximate surface area is 138 Å². The third-order valence-electron chi connectivity index (χ3n) is 4.14. The highest BCUT2D eigenvalue weighted by Crippen LogP contribution is 2.18. The zero-order chi connectivity index (χ0) is 17.1. The number of ether oxygens (including phenoxy) is 1. The largest absolute Gasteiger partial charge is 0.497 e. The van der Waals surface area contributed by atoms with Crippen LogP contribution in [-0.4, -0.2) is 36.5 Å². The topological polar surface area (TPSA) is 100 Å². The molecule has 3 rings (SSSR count). The highest BCUT2D eigenvalue weighted by molar-refractivity contribution is 5.90. The van der Waals surface area contributed by atoms with Crippen LogP contribution in [0.4, 0.5) is 0 Å². The van der Waals surface area contributed by atoms with Gasteiger partial charge in [-0.05, 0) is 36.4 Å². The van der Waals surface area contributed by atoms with Crippen LogP contribution in [0.3, 0.4) is 0 Å². The zero-order valence-corrected chi connectivity index (χ0v) is 13.3. The molecule has 7 nitrogen and oxygen atoms in total. The first kappa shape index (κ1) is 16.0. The maximum Gasteiger partial charge on any atom is 0.251 e. The van der Waals surface area contributed by atoms with Gasteiger partial charge in [-0.2, -0.15) is 0 Å². The Bertz CT molecular complexity index is 843. The summed E-state index contributed by atoms with van der Waals surface area (Å²) in [4.78, 5) is 38.0. The summed E-state index contributed by atoms with van der Waals surface area (Å²) in [7, 11) is 1.57. The first-order valence-corrected chi connectivity index (χ1v) is 7.84. The first-order valence-electron chi connectivity index (χ1n) is 7.84. The van der Waals surface area contributed by atoms with E-state index in [1.165, 1.54) is 0 Å². The molecule has 1 saturated heterocycles. The van der Waals surface area contributed by atoms with Gasteiger partial charge in [-0.1, -0.05) is 0 Å². The third-order valence-corrected chi connectivity index (χ3v) is 4.14. The van der Waals surface area contributed by atoms with Gasteiger partial charge in [0.25, 0.3) is 5.56 Å². The lowest BCUT2D eigenvalue weighted by Gasteiger charge is -2.11. The molecule has 1 aliphatic rings. The highest BCUT2D eigenvalue weighted by atomic mass is 16.5. The lowest BCUT2D eigenvalue weighted by molar-refractivity contribution is -0.125. The summed E-state index contributed by atoms with van der Waals surface area (Å²) >= 11 is 0. The van der Waals surface area contributed by atoms with Crippen LogP contribution in [0.15, 0.2) is 29.1 Å². The third kappa shape index (κ3) is 3.40. The second kappa shape index (κ2) is 6.74. The molecule has 0 bridgehead atoms. The monoisotopic (exact) mass is 329 g/mol. The van der Waals surface area contributed by atoms with Crippen LogP contribution in [-0.2, 0) is 16.0 Å². The average Bonchev–Trinajstić information content (AvgIpc) is 3.01.